The van der Waals surface area contributed by atoms with Crippen LogP contribution < -0.4 is 16.0 Å². The number of imidazole rings is 1. The molecule has 1 aromatic carbocycles. The number of aryl methyl sites for hydroxylation is 1. The first-order valence-electron chi connectivity index (χ1n) is 13.1. The number of rotatable bonds is 9. The number of hydrogen-bond acceptors (Lipinski definition) is 8. The largest absolute Gasteiger partial charge is 0.381 e. The van der Waals surface area contributed by atoms with Crippen LogP contribution in [0.4, 0.5) is 5.95 Å². The van der Waals surface area contributed by atoms with Crippen LogP contribution in [-0.4, -0.2) is 70.5 Å². The summed E-state index contributed by atoms with van der Waals surface area (Å²) in [5.74, 6) is 0.959. The van der Waals surface area contributed by atoms with E-state index in [2.05, 4.69) is 25.9 Å². The average molecular weight is 574 g/mol. The molecule has 210 valence electrons. The van der Waals surface area contributed by atoms with Gasteiger partial charge in [0.05, 0.1) is 6.04 Å². The number of aromatic nitrogens is 4. The highest BCUT2D eigenvalue weighted by Crippen LogP contribution is 2.20. The van der Waals surface area contributed by atoms with Gasteiger partial charge in [-0.15, -0.1) is 0 Å². The molecule has 10 nitrogen and oxygen atoms in total. The number of ether oxygens (including phenoxy) is 2. The van der Waals surface area contributed by atoms with E-state index in [1.807, 2.05) is 31.2 Å². The summed E-state index contributed by atoms with van der Waals surface area (Å²) in [4.78, 5) is 26.8. The Labute approximate surface area is 240 Å². The molecule has 0 radical (unpaired) electrons. The summed E-state index contributed by atoms with van der Waals surface area (Å²) < 4.78 is 12.7. The lowest BCUT2D eigenvalue weighted by Crippen LogP contribution is -2.41. The van der Waals surface area contributed by atoms with Crippen molar-refractivity contribution in [2.24, 2.45) is 0 Å². The monoisotopic (exact) mass is 573 g/mol. The molecule has 2 fully saturated rings. The third-order valence-electron chi connectivity index (χ3n) is 6.95. The Morgan fingerprint density at radius 3 is 2.54 bits per heavy atom. The Balaban J connectivity index is 0.00000353. The zero-order chi connectivity index (χ0) is 26.3. The maximum atomic E-state index is 13.3. The van der Waals surface area contributed by atoms with Gasteiger partial charge in [-0.3, -0.25) is 9.36 Å². The number of hydrogen-bond donors (Lipinski definition) is 3. The van der Waals surface area contributed by atoms with Gasteiger partial charge in [-0.2, -0.15) is 18.5 Å². The van der Waals surface area contributed by atoms with Crippen molar-refractivity contribution in [3.05, 3.63) is 64.8 Å². The summed E-state index contributed by atoms with van der Waals surface area (Å²) >= 11 is 6.26. The zero-order valence-corrected chi connectivity index (χ0v) is 23.8. The molecule has 3 N–H and O–H groups in total. The van der Waals surface area contributed by atoms with Gasteiger partial charge >= 0.3 is 0 Å². The van der Waals surface area contributed by atoms with Crippen molar-refractivity contribution in [1.29, 1.82) is 0 Å². The van der Waals surface area contributed by atoms with E-state index in [9.17, 15) is 4.79 Å². The number of nitrogens with zero attached hydrogens (tertiary/aromatic N) is 4. The molecule has 2 aromatic heterocycles. The molecule has 0 aliphatic carbocycles. The highest BCUT2D eigenvalue weighted by molar-refractivity contribution is 7.59. The van der Waals surface area contributed by atoms with E-state index in [0.29, 0.717) is 35.1 Å². The second-order valence-electron chi connectivity index (χ2n) is 9.77. The number of benzene rings is 1. The molecule has 3 aromatic rings. The first-order valence-corrected chi connectivity index (χ1v) is 13.5. The van der Waals surface area contributed by atoms with Crippen LogP contribution in [0.1, 0.15) is 53.3 Å². The molecule has 0 saturated carbocycles. The molecule has 39 heavy (non-hydrogen) atoms. The summed E-state index contributed by atoms with van der Waals surface area (Å²) in [5.41, 5.74) is 2.12. The van der Waals surface area contributed by atoms with E-state index in [1.54, 1.807) is 23.3 Å². The number of halogens is 1. The minimum absolute atomic E-state index is 0. The van der Waals surface area contributed by atoms with Crippen molar-refractivity contribution >= 4 is 37.0 Å². The molecule has 4 heterocycles. The van der Waals surface area contributed by atoms with Gasteiger partial charge in [0.2, 0.25) is 5.95 Å². The second-order valence-corrected chi connectivity index (χ2v) is 10.2. The second kappa shape index (κ2) is 14.1. The van der Waals surface area contributed by atoms with Crippen LogP contribution in [0.3, 0.4) is 0 Å². The molecular formula is C27H36ClN7O3S. The lowest BCUT2D eigenvalue weighted by Gasteiger charge is -2.26. The molecule has 0 unspecified atom stereocenters. The minimum Gasteiger partial charge on any atom is -0.381 e. The van der Waals surface area contributed by atoms with E-state index in [1.165, 1.54) is 0 Å². The van der Waals surface area contributed by atoms with Crippen LogP contribution in [0.15, 0.2) is 43.0 Å². The first-order chi connectivity index (χ1) is 18.5. The topological polar surface area (TPSA) is 115 Å². The third-order valence-corrected chi connectivity index (χ3v) is 7.18. The fourth-order valence-corrected chi connectivity index (χ4v) is 4.94. The fraction of sp³-hybridized carbons (Fsp3) is 0.481. The lowest BCUT2D eigenvalue weighted by molar-refractivity contribution is 0.0766. The Morgan fingerprint density at radius 1 is 1.10 bits per heavy atom. The van der Waals surface area contributed by atoms with Gasteiger partial charge in [0.15, 0.2) is 0 Å². The summed E-state index contributed by atoms with van der Waals surface area (Å²) in [5, 5.41) is 10.7. The quantitative estimate of drug-likeness (QED) is 0.356. The van der Waals surface area contributed by atoms with Crippen LogP contribution in [0.5, 0.6) is 0 Å². The van der Waals surface area contributed by atoms with E-state index in [4.69, 9.17) is 26.1 Å². The number of carbonyl (C=O) groups excluding carboxylic acids is 1. The van der Waals surface area contributed by atoms with E-state index < -0.39 is 0 Å². The van der Waals surface area contributed by atoms with Crippen molar-refractivity contribution in [1.82, 2.24) is 30.2 Å². The Kier molecular flexibility index (Phi) is 10.6. The molecule has 2 aliphatic rings. The summed E-state index contributed by atoms with van der Waals surface area (Å²) in [6.07, 6.45) is 8.81. The first kappa shape index (κ1) is 29.3. The maximum absolute atomic E-state index is 13.3. The van der Waals surface area contributed by atoms with Crippen LogP contribution in [0.25, 0.3) is 5.82 Å². The molecule has 0 spiro atoms. The fourth-order valence-electron chi connectivity index (χ4n) is 4.74. The van der Waals surface area contributed by atoms with Crippen molar-refractivity contribution in [2.45, 2.75) is 50.7 Å². The van der Waals surface area contributed by atoms with Crippen LogP contribution in [-0.2, 0) is 9.47 Å². The zero-order valence-electron chi connectivity index (χ0n) is 22.0. The summed E-state index contributed by atoms with van der Waals surface area (Å²) in [6.45, 7) is 5.47. The number of carbonyl (C=O) groups is 1. The molecule has 0 bridgehead atoms. The van der Waals surface area contributed by atoms with Crippen molar-refractivity contribution in [2.75, 3.05) is 38.3 Å². The standard InChI is InChI=1S/C27H34ClN7O3.H2S/c1-18-14-30-27(32-22-7-11-38-12-8-22)34-25(18)35-16-24(31-17-35)26(36)33-23(19-3-2-4-20(28)13-19)15-29-21-5-9-37-10-6-21;/h2-4,13-14,16-17,21-23,29H,5-12,15H2,1H3,(H,33,36)(H,30,32,34);1H2/t23-;/m1./s1. The van der Waals surface area contributed by atoms with Gasteiger partial charge in [-0.05, 0) is 50.3 Å². The number of anilines is 1. The van der Waals surface area contributed by atoms with Crippen molar-refractivity contribution in [3.8, 4) is 5.82 Å². The maximum Gasteiger partial charge on any atom is 0.272 e. The van der Waals surface area contributed by atoms with Crippen molar-refractivity contribution < 1.29 is 14.3 Å². The number of nitrogens with one attached hydrogen (secondary N) is 3. The number of amides is 1. The smallest absolute Gasteiger partial charge is 0.272 e. The van der Waals surface area contributed by atoms with E-state index in [-0.39, 0.29) is 31.5 Å². The molecule has 5 rings (SSSR count). The molecule has 2 aliphatic heterocycles. The molecule has 1 amide bonds. The average Bonchev–Trinajstić information content (AvgIpc) is 3.43. The van der Waals surface area contributed by atoms with Crippen molar-refractivity contribution in [3.63, 3.8) is 0 Å². The third kappa shape index (κ3) is 7.92. The highest BCUT2D eigenvalue weighted by Gasteiger charge is 2.21. The Bertz CT molecular complexity index is 1230. The van der Waals surface area contributed by atoms with E-state index >= 15 is 0 Å². The predicted molar refractivity (Wildman–Crippen MR) is 155 cm³/mol. The van der Waals surface area contributed by atoms with Gasteiger partial charge < -0.3 is 25.4 Å². The van der Waals surface area contributed by atoms with Gasteiger partial charge in [0.25, 0.3) is 5.91 Å². The van der Waals surface area contributed by atoms with Gasteiger partial charge in [0.1, 0.15) is 17.8 Å². The Morgan fingerprint density at radius 2 is 1.82 bits per heavy atom. The molecule has 2 saturated heterocycles. The SMILES string of the molecule is Cc1cnc(NC2CCOCC2)nc1-n1cnc(C(=O)N[C@H](CNC2CCOCC2)c2cccc(Cl)c2)c1.S. The van der Waals surface area contributed by atoms with E-state index in [0.717, 1.165) is 63.2 Å². The molecule has 1 atom stereocenters. The minimum atomic E-state index is -0.273. The van der Waals surface area contributed by atoms with Gasteiger partial charge in [-0.1, -0.05) is 23.7 Å². The van der Waals surface area contributed by atoms with Crippen LogP contribution in [0.2, 0.25) is 5.02 Å². The lowest BCUT2D eigenvalue weighted by atomic mass is 10.0. The molecular weight excluding hydrogens is 538 g/mol. The van der Waals surface area contributed by atoms with Crippen LogP contribution in [0, 0.1) is 6.92 Å². The summed E-state index contributed by atoms with van der Waals surface area (Å²) in [6, 6.07) is 7.93. The highest BCUT2D eigenvalue weighted by atomic mass is 35.5. The summed E-state index contributed by atoms with van der Waals surface area (Å²) in [7, 11) is 0. The van der Waals surface area contributed by atoms with Gasteiger partial charge in [-0.25, -0.2) is 9.97 Å². The Hall–Kier alpha value is -2.70. The van der Waals surface area contributed by atoms with Crippen LogP contribution >= 0.6 is 25.1 Å². The normalized spacial score (nSPS) is 17.3. The molecule has 12 heteroatoms. The van der Waals surface area contributed by atoms with Gasteiger partial charge in [0, 0.05) is 68.0 Å². The predicted octanol–water partition coefficient (Wildman–Crippen LogP) is 3.57.